The Balaban J connectivity index is 1.66. The number of carbonyl (C=O) groups is 2. The van der Waals surface area contributed by atoms with Gasteiger partial charge in [0.2, 0.25) is 0 Å². The lowest BCUT2D eigenvalue weighted by atomic mass is 10.1. The van der Waals surface area contributed by atoms with E-state index in [-0.39, 0.29) is 17.9 Å². The van der Waals surface area contributed by atoms with Crippen LogP contribution in [0.4, 0.5) is 5.69 Å². The molecule has 4 aromatic rings. The number of nitrogens with one attached hydrogen (secondary N) is 2. The number of ether oxygens (including phenoxy) is 1. The zero-order valence-electron chi connectivity index (χ0n) is 16.7. The van der Waals surface area contributed by atoms with Crippen molar-refractivity contribution in [2.75, 3.05) is 11.9 Å². The molecule has 0 aliphatic heterocycles. The van der Waals surface area contributed by atoms with Crippen LogP contribution in [0.2, 0.25) is 0 Å². The van der Waals surface area contributed by atoms with Crippen LogP contribution in [0.3, 0.4) is 0 Å². The average Bonchev–Trinajstić information content (AvgIpc) is 3.19. The summed E-state index contributed by atoms with van der Waals surface area (Å²) in [6, 6.07) is 9.96. The van der Waals surface area contributed by atoms with E-state index >= 15 is 0 Å². The Bertz CT molecular complexity index is 1360. The Labute approximate surface area is 175 Å². The summed E-state index contributed by atoms with van der Waals surface area (Å²) in [6.45, 7) is 3.60. The number of hydrogen-bond donors (Lipinski definition) is 2. The number of amides is 1. The van der Waals surface area contributed by atoms with Crippen molar-refractivity contribution in [1.82, 2.24) is 24.7 Å². The number of fused-ring (bicyclic) bond motifs is 1. The lowest BCUT2D eigenvalue weighted by Gasteiger charge is -2.12. The van der Waals surface area contributed by atoms with E-state index in [4.69, 9.17) is 4.74 Å². The third-order valence-corrected chi connectivity index (χ3v) is 4.57. The Kier molecular flexibility index (Phi) is 5.27. The van der Waals surface area contributed by atoms with Crippen LogP contribution in [-0.4, -0.2) is 43.2 Å². The molecule has 0 aliphatic rings. The molecule has 0 radical (unpaired) electrons. The minimum absolute atomic E-state index is 0.139. The van der Waals surface area contributed by atoms with E-state index in [1.54, 1.807) is 38.1 Å². The largest absolute Gasteiger partial charge is 0.462 e. The van der Waals surface area contributed by atoms with Crippen LogP contribution >= 0.6 is 0 Å². The lowest BCUT2D eigenvalue weighted by molar-refractivity contribution is 0.0524. The van der Waals surface area contributed by atoms with Crippen molar-refractivity contribution >= 4 is 28.6 Å². The molecule has 0 saturated carbocycles. The van der Waals surface area contributed by atoms with E-state index in [0.29, 0.717) is 33.7 Å². The summed E-state index contributed by atoms with van der Waals surface area (Å²) in [6.07, 6.45) is 2.71. The van der Waals surface area contributed by atoms with Crippen molar-refractivity contribution in [3.05, 3.63) is 76.2 Å². The first-order valence-electron chi connectivity index (χ1n) is 9.46. The predicted molar refractivity (Wildman–Crippen MR) is 112 cm³/mol. The van der Waals surface area contributed by atoms with Gasteiger partial charge in [0.15, 0.2) is 5.65 Å². The molecule has 0 fully saturated rings. The number of hydrogen-bond acceptors (Lipinski definition) is 7. The highest BCUT2D eigenvalue weighted by Crippen LogP contribution is 2.23. The van der Waals surface area contributed by atoms with Crippen molar-refractivity contribution < 1.29 is 14.3 Å². The van der Waals surface area contributed by atoms with Crippen LogP contribution in [0, 0.1) is 6.92 Å². The van der Waals surface area contributed by atoms with Gasteiger partial charge in [-0.25, -0.2) is 19.4 Å². The first kappa shape index (κ1) is 20.0. The summed E-state index contributed by atoms with van der Waals surface area (Å²) in [7, 11) is 0. The molecule has 0 atom stereocenters. The number of aromatic amines is 1. The first-order chi connectivity index (χ1) is 15.0. The molecule has 1 amide bonds. The summed E-state index contributed by atoms with van der Waals surface area (Å²) in [5.74, 6) is -0.953. The van der Waals surface area contributed by atoms with Crippen LogP contribution in [0.5, 0.6) is 0 Å². The molecule has 31 heavy (non-hydrogen) atoms. The number of aromatic nitrogens is 5. The van der Waals surface area contributed by atoms with Crippen molar-refractivity contribution in [1.29, 1.82) is 0 Å². The number of anilines is 1. The van der Waals surface area contributed by atoms with Gasteiger partial charge in [0.1, 0.15) is 11.1 Å². The number of pyridine rings is 1. The minimum Gasteiger partial charge on any atom is -0.462 e. The van der Waals surface area contributed by atoms with Gasteiger partial charge in [0, 0.05) is 0 Å². The highest BCUT2D eigenvalue weighted by Gasteiger charge is 2.17. The van der Waals surface area contributed by atoms with Crippen molar-refractivity contribution in [3.63, 3.8) is 0 Å². The molecule has 3 aromatic heterocycles. The predicted octanol–water partition coefficient (Wildman–Crippen LogP) is 2.24. The summed E-state index contributed by atoms with van der Waals surface area (Å²) in [5, 5.41) is 7.38. The normalized spacial score (nSPS) is 10.8. The van der Waals surface area contributed by atoms with Gasteiger partial charge >= 0.3 is 5.97 Å². The lowest BCUT2D eigenvalue weighted by Crippen LogP contribution is -2.17. The van der Waals surface area contributed by atoms with E-state index in [1.807, 2.05) is 0 Å². The number of rotatable bonds is 5. The molecule has 0 unspecified atom stereocenters. The third kappa shape index (κ3) is 3.78. The standard InChI is InChI=1S/C21H18N6O4/c1-3-31-21(30)13-8-9-16(25-12(13)2)20(29)26-15-6-4-5-7-17(15)27-18-14(10-24-27)19(28)23-11-22-18/h4-11H,3H2,1-2H3,(H,26,29)(H,22,23,28). The molecule has 0 aliphatic carbocycles. The SMILES string of the molecule is CCOC(=O)c1ccc(C(=O)Nc2ccccc2-n2ncc3c(=O)[nH]cnc32)nc1C. The third-order valence-electron chi connectivity index (χ3n) is 4.57. The van der Waals surface area contributed by atoms with Gasteiger partial charge in [-0.05, 0) is 38.1 Å². The Morgan fingerprint density at radius 1 is 1.19 bits per heavy atom. The number of para-hydroxylation sites is 2. The average molecular weight is 418 g/mol. The van der Waals surface area contributed by atoms with Gasteiger partial charge < -0.3 is 15.0 Å². The molecular formula is C21H18N6O4. The summed E-state index contributed by atoms with van der Waals surface area (Å²) < 4.78 is 6.46. The van der Waals surface area contributed by atoms with E-state index in [1.165, 1.54) is 29.3 Å². The van der Waals surface area contributed by atoms with Gasteiger partial charge in [0.05, 0.1) is 41.8 Å². The number of esters is 1. The maximum atomic E-state index is 12.8. The van der Waals surface area contributed by atoms with Crippen LogP contribution in [0.1, 0.15) is 33.5 Å². The maximum Gasteiger partial charge on any atom is 0.339 e. The van der Waals surface area contributed by atoms with E-state index < -0.39 is 11.9 Å². The van der Waals surface area contributed by atoms with Gasteiger partial charge in [-0.15, -0.1) is 0 Å². The van der Waals surface area contributed by atoms with Gasteiger partial charge in [-0.3, -0.25) is 9.59 Å². The van der Waals surface area contributed by atoms with Crippen LogP contribution < -0.4 is 10.9 Å². The second-order valence-corrected chi connectivity index (χ2v) is 6.55. The van der Waals surface area contributed by atoms with Crippen molar-refractivity contribution in [3.8, 4) is 5.69 Å². The van der Waals surface area contributed by atoms with Crippen LogP contribution in [-0.2, 0) is 4.74 Å². The topological polar surface area (TPSA) is 132 Å². The summed E-state index contributed by atoms with van der Waals surface area (Å²) >= 11 is 0. The molecule has 0 spiro atoms. The van der Waals surface area contributed by atoms with Gasteiger partial charge in [-0.1, -0.05) is 12.1 Å². The second kappa shape index (κ2) is 8.19. The molecule has 3 heterocycles. The minimum atomic E-state index is -0.488. The Morgan fingerprint density at radius 2 is 2.00 bits per heavy atom. The van der Waals surface area contributed by atoms with Crippen LogP contribution in [0.15, 0.2) is 53.7 Å². The highest BCUT2D eigenvalue weighted by atomic mass is 16.5. The van der Waals surface area contributed by atoms with E-state index in [2.05, 4.69) is 25.4 Å². The molecule has 156 valence electrons. The summed E-state index contributed by atoms with van der Waals surface area (Å²) in [5.41, 5.74) is 1.87. The Hall–Kier alpha value is -4.34. The van der Waals surface area contributed by atoms with Gasteiger partial charge in [0.25, 0.3) is 11.5 Å². The zero-order chi connectivity index (χ0) is 22.0. The number of H-pyrrole nitrogens is 1. The fraction of sp³-hybridized carbons (Fsp3) is 0.143. The number of benzene rings is 1. The molecule has 1 aromatic carbocycles. The fourth-order valence-electron chi connectivity index (χ4n) is 3.09. The number of carbonyl (C=O) groups excluding carboxylic acids is 2. The molecule has 10 nitrogen and oxygen atoms in total. The Morgan fingerprint density at radius 3 is 2.77 bits per heavy atom. The van der Waals surface area contributed by atoms with Gasteiger partial charge in [-0.2, -0.15) is 5.10 Å². The molecule has 4 rings (SSSR count). The molecule has 0 bridgehead atoms. The van der Waals surface area contributed by atoms with E-state index in [0.717, 1.165) is 0 Å². The monoisotopic (exact) mass is 418 g/mol. The highest BCUT2D eigenvalue weighted by molar-refractivity contribution is 6.04. The molecular weight excluding hydrogens is 400 g/mol. The molecule has 2 N–H and O–H groups in total. The number of nitrogens with zero attached hydrogens (tertiary/aromatic N) is 4. The quantitative estimate of drug-likeness (QED) is 0.475. The first-order valence-corrected chi connectivity index (χ1v) is 9.46. The van der Waals surface area contributed by atoms with Crippen molar-refractivity contribution in [2.45, 2.75) is 13.8 Å². The number of aryl methyl sites for hydroxylation is 1. The molecule has 10 heteroatoms. The second-order valence-electron chi connectivity index (χ2n) is 6.55. The van der Waals surface area contributed by atoms with Crippen LogP contribution in [0.25, 0.3) is 16.7 Å². The zero-order valence-corrected chi connectivity index (χ0v) is 16.7. The van der Waals surface area contributed by atoms with Crippen molar-refractivity contribution in [2.24, 2.45) is 0 Å². The smallest absolute Gasteiger partial charge is 0.339 e. The molecule has 0 saturated heterocycles. The van der Waals surface area contributed by atoms with E-state index in [9.17, 15) is 14.4 Å². The summed E-state index contributed by atoms with van der Waals surface area (Å²) in [4.78, 5) is 47.6. The maximum absolute atomic E-state index is 12.8. The fourth-order valence-corrected chi connectivity index (χ4v) is 3.09.